The minimum absolute atomic E-state index is 0.0986. The summed E-state index contributed by atoms with van der Waals surface area (Å²) in [6.45, 7) is 8.61. The van der Waals surface area contributed by atoms with Crippen LogP contribution in [0.15, 0.2) is 5.16 Å². The molecule has 0 amide bonds. The predicted octanol–water partition coefficient (Wildman–Crippen LogP) is 1.29. The van der Waals surface area contributed by atoms with Gasteiger partial charge in [0.15, 0.2) is 5.13 Å². The molecule has 23 heavy (non-hydrogen) atoms. The van der Waals surface area contributed by atoms with Gasteiger partial charge in [-0.25, -0.2) is 9.59 Å². The summed E-state index contributed by atoms with van der Waals surface area (Å²) >= 11 is 0.830. The van der Waals surface area contributed by atoms with Gasteiger partial charge in [-0.1, -0.05) is 19.0 Å². The lowest BCUT2D eigenvalue weighted by Gasteiger charge is -2.24. The number of carbonyl (C=O) groups is 2. The fourth-order valence-electron chi connectivity index (χ4n) is 1.41. The Morgan fingerprint density at radius 3 is 2.35 bits per heavy atom. The maximum atomic E-state index is 12.1. The number of anilines is 1. The molecule has 1 unspecified atom stereocenters. The molecule has 9 nitrogen and oxygen atoms in total. The quantitative estimate of drug-likeness (QED) is 0.447. The first-order valence-electron chi connectivity index (χ1n) is 6.80. The highest BCUT2D eigenvalue weighted by atomic mass is 32.1. The van der Waals surface area contributed by atoms with Crippen molar-refractivity contribution in [2.24, 2.45) is 11.1 Å². The summed E-state index contributed by atoms with van der Waals surface area (Å²) in [4.78, 5) is 32.2. The largest absolute Gasteiger partial charge is 0.476 e. The van der Waals surface area contributed by atoms with E-state index < -0.39 is 29.4 Å². The summed E-state index contributed by atoms with van der Waals surface area (Å²) in [6.07, 6.45) is -1.06. The molecule has 0 bridgehead atoms. The van der Waals surface area contributed by atoms with E-state index in [0.29, 0.717) is 0 Å². The number of nitrogen functional groups attached to an aromatic ring is 1. The number of nitrogens with two attached hydrogens (primary N) is 1. The summed E-state index contributed by atoms with van der Waals surface area (Å²) in [5, 5.41) is 12.8. The number of nitrogens with zero attached hydrogens (tertiary/aromatic N) is 3. The number of carboxylic acids is 1. The lowest BCUT2D eigenvalue weighted by Crippen LogP contribution is -2.36. The number of rotatable bonds is 6. The van der Waals surface area contributed by atoms with Gasteiger partial charge >= 0.3 is 11.9 Å². The zero-order chi connectivity index (χ0) is 17.8. The number of aromatic nitrogens is 2. The molecule has 1 rings (SSSR count). The Balaban J connectivity index is 2.98. The Hall–Kier alpha value is -2.23. The summed E-state index contributed by atoms with van der Waals surface area (Å²) in [5.74, 6) is -2.48. The Bertz CT molecular complexity index is 606. The van der Waals surface area contributed by atoms with Crippen LogP contribution in [0.4, 0.5) is 5.13 Å². The van der Waals surface area contributed by atoms with Crippen molar-refractivity contribution in [1.82, 2.24) is 9.36 Å². The van der Waals surface area contributed by atoms with E-state index in [1.54, 1.807) is 34.6 Å². The third-order valence-electron chi connectivity index (χ3n) is 2.36. The summed E-state index contributed by atoms with van der Waals surface area (Å²) < 4.78 is 9.00. The third-order valence-corrected chi connectivity index (χ3v) is 2.90. The van der Waals surface area contributed by atoms with Crippen LogP contribution in [-0.4, -0.2) is 43.8 Å². The Morgan fingerprint density at radius 1 is 1.35 bits per heavy atom. The molecule has 0 aromatic carbocycles. The summed E-state index contributed by atoms with van der Waals surface area (Å²) in [5.41, 5.74) is 4.19. The molecule has 10 heteroatoms. The van der Waals surface area contributed by atoms with Gasteiger partial charge < -0.3 is 20.4 Å². The first kappa shape index (κ1) is 18.8. The Kier molecular flexibility index (Phi) is 6.02. The fourth-order valence-corrected chi connectivity index (χ4v) is 1.85. The molecule has 0 aliphatic carbocycles. The van der Waals surface area contributed by atoms with Crippen molar-refractivity contribution in [3.05, 3.63) is 5.82 Å². The van der Waals surface area contributed by atoms with Crippen molar-refractivity contribution < 1.29 is 24.3 Å². The van der Waals surface area contributed by atoms with Crippen molar-refractivity contribution in [2.75, 3.05) is 5.73 Å². The average Bonchev–Trinajstić information content (AvgIpc) is 2.77. The molecule has 1 atom stereocenters. The van der Waals surface area contributed by atoms with E-state index in [0.717, 1.165) is 11.5 Å². The number of ether oxygens (including phenoxy) is 1. The smallest absolute Gasteiger partial charge is 0.362 e. The van der Waals surface area contributed by atoms with Crippen LogP contribution >= 0.6 is 11.5 Å². The van der Waals surface area contributed by atoms with E-state index >= 15 is 0 Å². The molecular formula is C13H20N4O5S. The van der Waals surface area contributed by atoms with Crippen molar-refractivity contribution in [3.8, 4) is 0 Å². The number of aliphatic carboxylic acids is 1. The minimum atomic E-state index is -1.39. The van der Waals surface area contributed by atoms with Crippen LogP contribution in [0.2, 0.25) is 0 Å². The second-order valence-electron chi connectivity index (χ2n) is 6.00. The average molecular weight is 344 g/mol. The van der Waals surface area contributed by atoms with Gasteiger partial charge in [-0.2, -0.15) is 9.36 Å². The third kappa shape index (κ3) is 5.81. The van der Waals surface area contributed by atoms with Crippen molar-refractivity contribution >= 4 is 34.3 Å². The fraction of sp³-hybridized carbons (Fsp3) is 0.615. The van der Waals surface area contributed by atoms with Gasteiger partial charge in [0.25, 0.3) is 0 Å². The van der Waals surface area contributed by atoms with E-state index in [1.165, 1.54) is 0 Å². The van der Waals surface area contributed by atoms with E-state index in [1.807, 2.05) is 0 Å². The Morgan fingerprint density at radius 2 is 1.96 bits per heavy atom. The van der Waals surface area contributed by atoms with Gasteiger partial charge in [0.05, 0.1) is 0 Å². The summed E-state index contributed by atoms with van der Waals surface area (Å²) in [6, 6.07) is 0. The van der Waals surface area contributed by atoms with Gasteiger partial charge in [-0.3, -0.25) is 0 Å². The van der Waals surface area contributed by atoms with Gasteiger partial charge in [-0.15, -0.1) is 0 Å². The first-order valence-corrected chi connectivity index (χ1v) is 7.58. The van der Waals surface area contributed by atoms with Crippen LogP contribution in [0.5, 0.6) is 0 Å². The molecule has 1 heterocycles. The second-order valence-corrected chi connectivity index (χ2v) is 6.79. The molecule has 0 radical (unpaired) electrons. The van der Waals surface area contributed by atoms with Crippen molar-refractivity contribution in [3.63, 3.8) is 0 Å². The SMILES string of the molecule is CC(C)C(ON=C(C(=O)O)c1nsc(N)n1)C(=O)OC(C)(C)C. The van der Waals surface area contributed by atoms with E-state index in [9.17, 15) is 9.59 Å². The summed E-state index contributed by atoms with van der Waals surface area (Å²) in [7, 11) is 0. The number of hydrogen-bond donors (Lipinski definition) is 2. The molecule has 1 aromatic rings. The Labute approximate surface area is 137 Å². The zero-order valence-electron chi connectivity index (χ0n) is 13.6. The molecule has 0 spiro atoms. The highest BCUT2D eigenvalue weighted by Gasteiger charge is 2.31. The van der Waals surface area contributed by atoms with Crippen LogP contribution in [0, 0.1) is 5.92 Å². The second kappa shape index (κ2) is 7.36. The highest BCUT2D eigenvalue weighted by Crippen LogP contribution is 2.16. The number of carbonyl (C=O) groups excluding carboxylic acids is 1. The molecule has 0 saturated heterocycles. The van der Waals surface area contributed by atoms with E-state index in [4.69, 9.17) is 20.4 Å². The van der Waals surface area contributed by atoms with Gasteiger partial charge in [0.1, 0.15) is 5.60 Å². The topological polar surface area (TPSA) is 137 Å². The molecule has 0 aliphatic heterocycles. The first-order chi connectivity index (χ1) is 10.5. The highest BCUT2D eigenvalue weighted by molar-refractivity contribution is 7.09. The minimum Gasteiger partial charge on any atom is -0.476 e. The van der Waals surface area contributed by atoms with Crippen molar-refractivity contribution in [2.45, 2.75) is 46.3 Å². The number of esters is 1. The molecule has 0 aliphatic rings. The molecule has 128 valence electrons. The predicted molar refractivity (Wildman–Crippen MR) is 84.1 cm³/mol. The van der Waals surface area contributed by atoms with E-state index in [2.05, 4.69) is 14.5 Å². The maximum absolute atomic E-state index is 12.1. The van der Waals surface area contributed by atoms with Crippen molar-refractivity contribution in [1.29, 1.82) is 0 Å². The van der Waals surface area contributed by atoms with E-state index in [-0.39, 0.29) is 16.9 Å². The van der Waals surface area contributed by atoms with Crippen LogP contribution in [0.25, 0.3) is 0 Å². The van der Waals surface area contributed by atoms with Crippen LogP contribution in [0.3, 0.4) is 0 Å². The molecule has 0 fully saturated rings. The monoisotopic (exact) mass is 344 g/mol. The number of hydrogen-bond acceptors (Lipinski definition) is 9. The van der Waals surface area contributed by atoms with Crippen LogP contribution in [0.1, 0.15) is 40.4 Å². The molecule has 3 N–H and O–H groups in total. The maximum Gasteiger partial charge on any atom is 0.362 e. The number of oxime groups is 1. The van der Waals surface area contributed by atoms with Gasteiger partial charge in [0, 0.05) is 17.5 Å². The van der Waals surface area contributed by atoms with Crippen LogP contribution < -0.4 is 5.73 Å². The standard InChI is InChI=1S/C13H20N4O5S/c1-6(2)8(11(20)21-13(3,4)5)22-16-7(10(18)19)9-15-12(14)23-17-9/h6,8H,1-5H3,(H,18,19)(H2,14,15,17). The van der Waals surface area contributed by atoms with Gasteiger partial charge in [-0.05, 0) is 20.8 Å². The van der Waals surface area contributed by atoms with Crippen LogP contribution in [-0.2, 0) is 19.2 Å². The van der Waals surface area contributed by atoms with Gasteiger partial charge in [0.2, 0.25) is 17.6 Å². The normalized spacial score (nSPS) is 13.7. The molecule has 1 aromatic heterocycles. The molecular weight excluding hydrogens is 324 g/mol. The zero-order valence-corrected chi connectivity index (χ0v) is 14.4. The lowest BCUT2D eigenvalue weighted by atomic mass is 10.1. The lowest BCUT2D eigenvalue weighted by molar-refractivity contribution is -0.171. The molecule has 0 saturated carbocycles. The number of carboxylic acid groups (broad SMARTS) is 1.